The molecule has 0 unspecified atom stereocenters. The van der Waals surface area contributed by atoms with E-state index in [1.807, 2.05) is 31.2 Å². The van der Waals surface area contributed by atoms with Crippen molar-refractivity contribution in [1.29, 1.82) is 0 Å². The number of anilines is 1. The lowest BCUT2D eigenvalue weighted by atomic mass is 10.2. The van der Waals surface area contributed by atoms with Crippen LogP contribution in [-0.2, 0) is 6.54 Å². The van der Waals surface area contributed by atoms with Gasteiger partial charge in [0.1, 0.15) is 0 Å². The molecule has 2 rings (SSSR count). The van der Waals surface area contributed by atoms with Crippen LogP contribution in [0.25, 0.3) is 0 Å². The Morgan fingerprint density at radius 1 is 1.19 bits per heavy atom. The van der Waals surface area contributed by atoms with E-state index in [1.54, 1.807) is 23.9 Å². The second-order valence-electron chi connectivity index (χ2n) is 5.24. The number of nitrogens with one attached hydrogen (secondary N) is 3. The summed E-state index contributed by atoms with van der Waals surface area (Å²) in [6, 6.07) is 10.9. The molecule has 1 aromatic carbocycles. The molecule has 2 aromatic rings. The van der Waals surface area contributed by atoms with Crippen LogP contribution in [0.15, 0.2) is 52.1 Å². The van der Waals surface area contributed by atoms with Gasteiger partial charge in [0.25, 0.3) is 5.91 Å². The second-order valence-corrected chi connectivity index (χ2v) is 6.23. The molecular weight excluding hydrogens is 463 g/mol. The maximum Gasteiger partial charge on any atom is 0.291 e. The lowest BCUT2D eigenvalue weighted by molar-refractivity contribution is 0.0996. The van der Waals surface area contributed by atoms with Crippen LogP contribution in [0.5, 0.6) is 0 Å². The third-order valence-electron chi connectivity index (χ3n) is 3.32. The van der Waals surface area contributed by atoms with Gasteiger partial charge in [-0.05, 0) is 43.0 Å². The number of halogens is 1. The average Bonchev–Trinajstić information content (AvgIpc) is 3.16. The molecule has 1 heterocycles. The maximum absolute atomic E-state index is 11.9. The molecular formula is C18H25IN4O2S. The third-order valence-corrected chi connectivity index (χ3v) is 3.93. The molecule has 1 amide bonds. The van der Waals surface area contributed by atoms with E-state index in [4.69, 9.17) is 4.42 Å². The maximum atomic E-state index is 11.9. The summed E-state index contributed by atoms with van der Waals surface area (Å²) in [5.41, 5.74) is 1.79. The number of rotatable bonds is 8. The Hall–Kier alpha value is -1.68. The van der Waals surface area contributed by atoms with E-state index in [1.165, 1.54) is 6.26 Å². The van der Waals surface area contributed by atoms with Gasteiger partial charge >= 0.3 is 0 Å². The Balaban J connectivity index is 0.00000338. The fraction of sp³-hybridized carbons (Fsp3) is 0.333. The monoisotopic (exact) mass is 488 g/mol. The number of nitrogens with zero attached hydrogens (tertiary/aromatic N) is 1. The van der Waals surface area contributed by atoms with Crippen LogP contribution in [0, 0.1) is 0 Å². The van der Waals surface area contributed by atoms with Gasteiger partial charge in [-0.25, -0.2) is 4.99 Å². The highest BCUT2D eigenvalue weighted by molar-refractivity contribution is 14.0. The molecule has 0 aliphatic carbocycles. The van der Waals surface area contributed by atoms with Gasteiger partial charge in [-0.3, -0.25) is 4.79 Å². The fourth-order valence-electron chi connectivity index (χ4n) is 2.08. The summed E-state index contributed by atoms with van der Waals surface area (Å²) in [6.45, 7) is 4.32. The van der Waals surface area contributed by atoms with Gasteiger partial charge in [-0.2, -0.15) is 11.8 Å². The molecule has 0 aliphatic heterocycles. The Morgan fingerprint density at radius 3 is 2.58 bits per heavy atom. The van der Waals surface area contributed by atoms with Gasteiger partial charge in [-0.15, -0.1) is 24.0 Å². The predicted octanol–water partition coefficient (Wildman–Crippen LogP) is 3.57. The third kappa shape index (κ3) is 7.69. The zero-order chi connectivity index (χ0) is 17.9. The number of aliphatic imine (C=N–C) groups is 1. The van der Waals surface area contributed by atoms with Crippen LogP contribution >= 0.6 is 35.7 Å². The minimum atomic E-state index is -0.261. The normalized spacial score (nSPS) is 10.8. The minimum absolute atomic E-state index is 0. The van der Waals surface area contributed by atoms with Gasteiger partial charge in [0.15, 0.2) is 11.7 Å². The van der Waals surface area contributed by atoms with E-state index in [9.17, 15) is 4.79 Å². The van der Waals surface area contributed by atoms with E-state index in [-0.39, 0.29) is 29.9 Å². The fourth-order valence-corrected chi connectivity index (χ4v) is 2.38. The van der Waals surface area contributed by atoms with Crippen LogP contribution in [0.4, 0.5) is 5.69 Å². The van der Waals surface area contributed by atoms with Crippen LogP contribution in [0.3, 0.4) is 0 Å². The number of benzene rings is 1. The first-order valence-electron chi connectivity index (χ1n) is 8.18. The zero-order valence-corrected chi connectivity index (χ0v) is 18.1. The van der Waals surface area contributed by atoms with Crippen molar-refractivity contribution in [2.45, 2.75) is 13.5 Å². The highest BCUT2D eigenvalue weighted by atomic mass is 127. The molecule has 0 aliphatic rings. The Bertz CT molecular complexity index is 675. The average molecular weight is 488 g/mol. The van der Waals surface area contributed by atoms with Crippen molar-refractivity contribution in [3.8, 4) is 0 Å². The summed E-state index contributed by atoms with van der Waals surface area (Å²) in [5.74, 6) is 1.88. The van der Waals surface area contributed by atoms with Gasteiger partial charge in [0.05, 0.1) is 12.8 Å². The summed E-state index contributed by atoms with van der Waals surface area (Å²) in [7, 11) is 0. The molecule has 0 spiro atoms. The number of furan rings is 1. The Morgan fingerprint density at radius 2 is 1.96 bits per heavy atom. The molecule has 6 nitrogen and oxygen atoms in total. The van der Waals surface area contributed by atoms with E-state index < -0.39 is 0 Å². The number of hydrogen-bond donors (Lipinski definition) is 3. The van der Waals surface area contributed by atoms with Gasteiger partial charge < -0.3 is 20.4 Å². The topological polar surface area (TPSA) is 78.7 Å². The van der Waals surface area contributed by atoms with Crippen LogP contribution in [0.2, 0.25) is 0 Å². The molecule has 0 atom stereocenters. The van der Waals surface area contributed by atoms with Crippen LogP contribution < -0.4 is 16.0 Å². The quantitative estimate of drug-likeness (QED) is 0.229. The van der Waals surface area contributed by atoms with E-state index in [0.29, 0.717) is 12.3 Å². The summed E-state index contributed by atoms with van der Waals surface area (Å²) in [5, 5.41) is 9.32. The van der Waals surface area contributed by atoms with Gasteiger partial charge in [0.2, 0.25) is 0 Å². The second kappa shape index (κ2) is 12.6. The predicted molar refractivity (Wildman–Crippen MR) is 120 cm³/mol. The number of carbonyl (C=O) groups excluding carboxylic acids is 1. The van der Waals surface area contributed by atoms with Crippen molar-refractivity contribution in [3.05, 3.63) is 54.0 Å². The Labute approximate surface area is 175 Å². The molecule has 0 fully saturated rings. The summed E-state index contributed by atoms with van der Waals surface area (Å²) in [4.78, 5) is 16.5. The number of thioether (sulfide) groups is 1. The first-order chi connectivity index (χ1) is 12.2. The highest BCUT2D eigenvalue weighted by Gasteiger charge is 2.08. The first kappa shape index (κ1) is 22.4. The number of hydrogen-bond acceptors (Lipinski definition) is 4. The molecule has 8 heteroatoms. The van der Waals surface area contributed by atoms with Gasteiger partial charge in [-0.1, -0.05) is 12.1 Å². The lowest BCUT2D eigenvalue weighted by Gasteiger charge is -2.10. The van der Waals surface area contributed by atoms with Crippen molar-refractivity contribution in [2.75, 3.05) is 30.4 Å². The van der Waals surface area contributed by atoms with E-state index in [2.05, 4.69) is 27.2 Å². The molecule has 0 saturated carbocycles. The van der Waals surface area contributed by atoms with Gasteiger partial charge in [0, 0.05) is 24.5 Å². The van der Waals surface area contributed by atoms with Crippen LogP contribution in [0.1, 0.15) is 23.0 Å². The van der Waals surface area contributed by atoms with E-state index in [0.717, 1.165) is 36.1 Å². The summed E-state index contributed by atoms with van der Waals surface area (Å²) in [6.07, 6.45) is 3.56. The van der Waals surface area contributed by atoms with E-state index >= 15 is 0 Å². The molecule has 3 N–H and O–H groups in total. The molecule has 0 radical (unpaired) electrons. The number of amides is 1. The summed E-state index contributed by atoms with van der Waals surface area (Å²) < 4.78 is 5.07. The highest BCUT2D eigenvalue weighted by Crippen LogP contribution is 2.12. The van der Waals surface area contributed by atoms with Crippen molar-refractivity contribution in [3.63, 3.8) is 0 Å². The molecule has 0 saturated heterocycles. The first-order valence-corrected chi connectivity index (χ1v) is 9.57. The zero-order valence-electron chi connectivity index (χ0n) is 15.0. The van der Waals surface area contributed by atoms with Crippen molar-refractivity contribution in [2.24, 2.45) is 4.99 Å². The van der Waals surface area contributed by atoms with Crippen LogP contribution in [-0.4, -0.2) is 37.0 Å². The minimum Gasteiger partial charge on any atom is -0.459 e. The number of guanidine groups is 1. The Kier molecular flexibility index (Phi) is 10.9. The molecule has 1 aromatic heterocycles. The lowest BCUT2D eigenvalue weighted by Crippen LogP contribution is -2.38. The number of carbonyl (C=O) groups is 1. The van der Waals surface area contributed by atoms with Crippen molar-refractivity contribution < 1.29 is 9.21 Å². The van der Waals surface area contributed by atoms with Crippen molar-refractivity contribution in [1.82, 2.24) is 10.6 Å². The largest absolute Gasteiger partial charge is 0.459 e. The smallest absolute Gasteiger partial charge is 0.291 e. The summed E-state index contributed by atoms with van der Waals surface area (Å²) >= 11 is 1.80. The van der Waals surface area contributed by atoms with Crippen molar-refractivity contribution >= 4 is 53.3 Å². The standard InChI is InChI=1S/C18H24N4O2S.HI/c1-3-19-18(20-10-12-25-2)21-13-14-6-8-15(9-7-14)22-17(23)16-5-4-11-24-16;/h4-9,11H,3,10,12-13H2,1-2H3,(H,22,23)(H2,19,20,21);1H. The molecule has 26 heavy (non-hydrogen) atoms. The molecule has 142 valence electrons. The molecule has 0 bridgehead atoms. The SMILES string of the molecule is CCNC(=NCc1ccc(NC(=O)c2ccco2)cc1)NCCSC.I.